The van der Waals surface area contributed by atoms with Crippen molar-refractivity contribution in [1.29, 1.82) is 0 Å². The summed E-state index contributed by atoms with van der Waals surface area (Å²) in [4.78, 5) is 43.4. The fourth-order valence-corrected chi connectivity index (χ4v) is 1.18. The number of carboxylic acid groups (broad SMARTS) is 1. The van der Waals surface area contributed by atoms with Gasteiger partial charge in [-0.25, -0.2) is 4.79 Å². The SMILES string of the molecule is COC(=O)CCNC(=O)NC(=O)CCCCC(=O)O. The normalized spacial score (nSPS) is 9.53. The van der Waals surface area contributed by atoms with E-state index in [9.17, 15) is 19.2 Å². The maximum absolute atomic E-state index is 11.2. The highest BCUT2D eigenvalue weighted by atomic mass is 16.5. The predicted octanol–water partition coefficient (Wildman–Crippen LogP) is 0.0203. The molecule has 0 saturated carbocycles. The molecule has 0 aromatic heterocycles. The molecule has 0 saturated heterocycles. The summed E-state index contributed by atoms with van der Waals surface area (Å²) in [6, 6.07) is -0.688. The number of rotatable bonds is 8. The van der Waals surface area contributed by atoms with Crippen LogP contribution in [0.3, 0.4) is 0 Å². The number of ether oxygens (including phenoxy) is 1. The first kappa shape index (κ1) is 16.9. The van der Waals surface area contributed by atoms with Crippen LogP contribution in [0.15, 0.2) is 0 Å². The molecule has 0 fully saturated rings. The van der Waals surface area contributed by atoms with Gasteiger partial charge in [0.1, 0.15) is 0 Å². The molecule has 8 nitrogen and oxygen atoms in total. The maximum Gasteiger partial charge on any atom is 0.321 e. The Morgan fingerprint density at radius 2 is 1.68 bits per heavy atom. The van der Waals surface area contributed by atoms with Crippen LogP contribution < -0.4 is 10.6 Å². The van der Waals surface area contributed by atoms with E-state index >= 15 is 0 Å². The van der Waals surface area contributed by atoms with Gasteiger partial charge in [0.05, 0.1) is 13.5 Å². The Balaban J connectivity index is 3.61. The smallest absolute Gasteiger partial charge is 0.321 e. The molecule has 0 aromatic carbocycles. The van der Waals surface area contributed by atoms with Crippen molar-refractivity contribution in [2.24, 2.45) is 0 Å². The summed E-state index contributed by atoms with van der Waals surface area (Å²) >= 11 is 0. The second-order valence-corrected chi connectivity index (χ2v) is 3.73. The van der Waals surface area contributed by atoms with Crippen LogP contribution >= 0.6 is 0 Å². The molecule has 3 N–H and O–H groups in total. The molecule has 0 aliphatic heterocycles. The second-order valence-electron chi connectivity index (χ2n) is 3.73. The van der Waals surface area contributed by atoms with Gasteiger partial charge in [-0.15, -0.1) is 0 Å². The number of carbonyl (C=O) groups is 4. The lowest BCUT2D eigenvalue weighted by Gasteiger charge is -2.05. The lowest BCUT2D eigenvalue weighted by atomic mass is 10.2. The van der Waals surface area contributed by atoms with E-state index in [1.165, 1.54) is 7.11 Å². The van der Waals surface area contributed by atoms with Crippen LogP contribution in [0.4, 0.5) is 4.79 Å². The molecule has 0 atom stereocenters. The number of carboxylic acids is 1. The van der Waals surface area contributed by atoms with E-state index in [1.54, 1.807) is 0 Å². The van der Waals surface area contributed by atoms with Crippen LogP contribution in [0.1, 0.15) is 32.1 Å². The molecule has 8 heteroatoms. The van der Waals surface area contributed by atoms with Crippen LogP contribution in [0, 0.1) is 0 Å². The Morgan fingerprint density at radius 3 is 2.26 bits per heavy atom. The van der Waals surface area contributed by atoms with Crippen molar-refractivity contribution in [3.05, 3.63) is 0 Å². The van der Waals surface area contributed by atoms with Gasteiger partial charge in [0.25, 0.3) is 0 Å². The summed E-state index contributed by atoms with van der Waals surface area (Å²) in [7, 11) is 1.24. The maximum atomic E-state index is 11.2. The van der Waals surface area contributed by atoms with Crippen molar-refractivity contribution in [2.45, 2.75) is 32.1 Å². The minimum atomic E-state index is -0.916. The van der Waals surface area contributed by atoms with Crippen LogP contribution in [-0.4, -0.2) is 42.6 Å². The minimum Gasteiger partial charge on any atom is -0.481 e. The quantitative estimate of drug-likeness (QED) is 0.423. The Morgan fingerprint density at radius 1 is 1.05 bits per heavy atom. The zero-order chi connectivity index (χ0) is 14.7. The molecule has 19 heavy (non-hydrogen) atoms. The Hall–Kier alpha value is -2.12. The topological polar surface area (TPSA) is 122 Å². The predicted molar refractivity (Wildman–Crippen MR) is 64.3 cm³/mol. The van der Waals surface area contributed by atoms with Gasteiger partial charge in [0, 0.05) is 19.4 Å². The van der Waals surface area contributed by atoms with Gasteiger partial charge in [0.2, 0.25) is 5.91 Å². The molecular formula is C11H18N2O6. The molecule has 0 aromatic rings. The number of aliphatic carboxylic acids is 1. The highest BCUT2D eigenvalue weighted by Crippen LogP contribution is 1.99. The highest BCUT2D eigenvalue weighted by Gasteiger charge is 2.08. The van der Waals surface area contributed by atoms with E-state index < -0.39 is 23.9 Å². The van der Waals surface area contributed by atoms with Gasteiger partial charge in [-0.2, -0.15) is 0 Å². The third kappa shape index (κ3) is 10.7. The fourth-order valence-electron chi connectivity index (χ4n) is 1.18. The number of imide groups is 1. The number of unbranched alkanes of at least 4 members (excludes halogenated alkanes) is 1. The zero-order valence-electron chi connectivity index (χ0n) is 10.7. The van der Waals surface area contributed by atoms with Crippen LogP contribution in [0.5, 0.6) is 0 Å². The summed E-state index contributed by atoms with van der Waals surface area (Å²) in [5, 5.41) is 12.8. The summed E-state index contributed by atoms with van der Waals surface area (Å²) in [6.45, 7) is 0.0742. The zero-order valence-corrected chi connectivity index (χ0v) is 10.7. The summed E-state index contributed by atoms with van der Waals surface area (Å²) in [5.74, 6) is -1.86. The molecule has 0 heterocycles. The van der Waals surface area contributed by atoms with Crippen molar-refractivity contribution in [2.75, 3.05) is 13.7 Å². The summed E-state index contributed by atoms with van der Waals surface area (Å²) in [5.41, 5.74) is 0. The third-order valence-corrected chi connectivity index (χ3v) is 2.14. The molecule has 0 aliphatic carbocycles. The average molecular weight is 274 g/mol. The number of amides is 3. The van der Waals surface area contributed by atoms with E-state index in [0.717, 1.165) is 0 Å². The molecule has 0 bridgehead atoms. The van der Waals surface area contributed by atoms with Gasteiger partial charge in [-0.1, -0.05) is 0 Å². The average Bonchev–Trinajstić information content (AvgIpc) is 2.34. The highest BCUT2D eigenvalue weighted by molar-refractivity contribution is 5.94. The van der Waals surface area contributed by atoms with Crippen LogP contribution in [-0.2, 0) is 19.1 Å². The molecule has 0 unspecified atom stereocenters. The van der Waals surface area contributed by atoms with E-state index in [4.69, 9.17) is 5.11 Å². The first-order valence-electron chi connectivity index (χ1n) is 5.82. The van der Waals surface area contributed by atoms with Crippen molar-refractivity contribution in [1.82, 2.24) is 10.6 Å². The van der Waals surface area contributed by atoms with Crippen LogP contribution in [0.25, 0.3) is 0 Å². The standard InChI is InChI=1S/C11H18N2O6/c1-19-10(17)6-7-12-11(18)13-8(14)4-2-3-5-9(15)16/h2-7H2,1H3,(H,15,16)(H2,12,13,14,18). The number of nitrogens with one attached hydrogen (secondary N) is 2. The van der Waals surface area contributed by atoms with Gasteiger partial charge < -0.3 is 15.2 Å². The van der Waals surface area contributed by atoms with Gasteiger partial charge in [-0.3, -0.25) is 19.7 Å². The number of hydrogen-bond donors (Lipinski definition) is 3. The second kappa shape index (κ2) is 9.86. The van der Waals surface area contributed by atoms with Crippen molar-refractivity contribution in [3.63, 3.8) is 0 Å². The van der Waals surface area contributed by atoms with Crippen LogP contribution in [0.2, 0.25) is 0 Å². The molecule has 0 spiro atoms. The van der Waals surface area contributed by atoms with Gasteiger partial charge in [-0.05, 0) is 12.8 Å². The molecule has 0 aliphatic rings. The Kier molecular flexibility index (Phi) is 8.76. The third-order valence-electron chi connectivity index (χ3n) is 2.14. The largest absolute Gasteiger partial charge is 0.481 e. The van der Waals surface area contributed by atoms with Crippen molar-refractivity contribution >= 4 is 23.9 Å². The lowest BCUT2D eigenvalue weighted by molar-refractivity contribution is -0.140. The lowest BCUT2D eigenvalue weighted by Crippen LogP contribution is -2.40. The van der Waals surface area contributed by atoms with E-state index in [-0.39, 0.29) is 25.8 Å². The summed E-state index contributed by atoms with van der Waals surface area (Å²) < 4.78 is 4.37. The van der Waals surface area contributed by atoms with Crippen molar-refractivity contribution < 1.29 is 29.0 Å². The van der Waals surface area contributed by atoms with E-state index in [0.29, 0.717) is 12.8 Å². The molecule has 108 valence electrons. The molecule has 3 amide bonds. The minimum absolute atomic E-state index is 0.00138. The molecular weight excluding hydrogens is 256 g/mol. The Bertz CT molecular complexity index is 342. The fraction of sp³-hybridized carbons (Fsp3) is 0.636. The first-order chi connectivity index (χ1) is 8.95. The first-order valence-corrected chi connectivity index (χ1v) is 5.82. The monoisotopic (exact) mass is 274 g/mol. The number of methoxy groups -OCH3 is 1. The molecule has 0 radical (unpaired) electrons. The Labute approximate surface area is 110 Å². The number of urea groups is 1. The number of hydrogen-bond acceptors (Lipinski definition) is 5. The van der Waals surface area contributed by atoms with E-state index in [1.807, 2.05) is 0 Å². The number of esters is 1. The van der Waals surface area contributed by atoms with Crippen molar-refractivity contribution in [3.8, 4) is 0 Å². The van der Waals surface area contributed by atoms with E-state index in [2.05, 4.69) is 15.4 Å². The van der Waals surface area contributed by atoms with Gasteiger partial charge in [0.15, 0.2) is 0 Å². The summed E-state index contributed by atoms with van der Waals surface area (Å²) in [6.07, 6.45) is 0.882. The van der Waals surface area contributed by atoms with Gasteiger partial charge >= 0.3 is 18.0 Å². The molecule has 0 rings (SSSR count). The number of carbonyl (C=O) groups excluding carboxylic acids is 3.